The standard InChI is InChI=1S/C31H28O7/c1-4-8-23-9-14-26(15-10-23)37-30(33)24-11-16-27(17-12-24)38-31(34)25-13-18-28(22(3)21-25)35-19-6-7-20-36-29(32)5-2/h5,9-18,21H,2,6-7,19-20H2,1,3H3. The fraction of sp³-hybridized carbons (Fsp3) is 0.194. The van der Waals surface area contributed by atoms with Gasteiger partial charge in [-0.15, -0.1) is 5.92 Å². The van der Waals surface area contributed by atoms with Gasteiger partial charge in [-0.2, -0.15) is 0 Å². The molecular weight excluding hydrogens is 484 g/mol. The molecule has 0 aromatic heterocycles. The van der Waals surface area contributed by atoms with Crippen molar-refractivity contribution in [2.24, 2.45) is 0 Å². The number of esters is 3. The van der Waals surface area contributed by atoms with Gasteiger partial charge >= 0.3 is 17.9 Å². The molecule has 0 heterocycles. The van der Waals surface area contributed by atoms with Crippen molar-refractivity contribution in [2.75, 3.05) is 13.2 Å². The third-order valence-electron chi connectivity index (χ3n) is 5.25. The first-order valence-electron chi connectivity index (χ1n) is 12.0. The van der Waals surface area contributed by atoms with Gasteiger partial charge in [0.25, 0.3) is 0 Å². The molecule has 194 valence electrons. The highest BCUT2D eigenvalue weighted by atomic mass is 16.5. The van der Waals surface area contributed by atoms with Crippen LogP contribution in [0.15, 0.2) is 79.4 Å². The Balaban J connectivity index is 1.49. The molecule has 0 fully saturated rings. The summed E-state index contributed by atoms with van der Waals surface area (Å²) >= 11 is 0. The molecular formula is C31H28O7. The number of rotatable bonds is 11. The predicted molar refractivity (Wildman–Crippen MR) is 142 cm³/mol. The van der Waals surface area contributed by atoms with E-state index in [9.17, 15) is 14.4 Å². The van der Waals surface area contributed by atoms with Crippen LogP contribution < -0.4 is 14.2 Å². The quantitative estimate of drug-likeness (QED) is 0.107. The highest BCUT2D eigenvalue weighted by molar-refractivity contribution is 5.93. The highest BCUT2D eigenvalue weighted by Gasteiger charge is 2.13. The minimum atomic E-state index is -0.533. The van der Waals surface area contributed by atoms with Crippen molar-refractivity contribution in [1.29, 1.82) is 0 Å². The first-order valence-corrected chi connectivity index (χ1v) is 12.0. The van der Waals surface area contributed by atoms with E-state index in [2.05, 4.69) is 18.4 Å². The number of carbonyl (C=O) groups is 3. The van der Waals surface area contributed by atoms with Crippen molar-refractivity contribution < 1.29 is 33.3 Å². The molecule has 3 aromatic rings. The van der Waals surface area contributed by atoms with Gasteiger partial charge in [-0.3, -0.25) is 0 Å². The number of benzene rings is 3. The van der Waals surface area contributed by atoms with Crippen LogP contribution in [0.4, 0.5) is 0 Å². The summed E-state index contributed by atoms with van der Waals surface area (Å²) in [6, 6.07) is 18.0. The molecule has 0 amide bonds. The summed E-state index contributed by atoms with van der Waals surface area (Å²) in [7, 11) is 0. The molecule has 0 atom stereocenters. The zero-order valence-corrected chi connectivity index (χ0v) is 21.3. The number of unbranched alkanes of at least 4 members (excludes halogenated alkanes) is 1. The van der Waals surface area contributed by atoms with E-state index in [0.29, 0.717) is 54.4 Å². The Morgan fingerprint density at radius 1 is 0.816 bits per heavy atom. The lowest BCUT2D eigenvalue weighted by atomic mass is 10.1. The first-order chi connectivity index (χ1) is 18.4. The Hall–Kier alpha value is -4.83. The van der Waals surface area contributed by atoms with Gasteiger partial charge in [0.15, 0.2) is 0 Å². The van der Waals surface area contributed by atoms with Crippen LogP contribution in [0.2, 0.25) is 0 Å². The maximum absolute atomic E-state index is 12.6. The van der Waals surface area contributed by atoms with Crippen LogP contribution in [0.25, 0.3) is 0 Å². The maximum atomic E-state index is 12.6. The molecule has 0 saturated carbocycles. The Morgan fingerprint density at radius 2 is 1.39 bits per heavy atom. The van der Waals surface area contributed by atoms with Gasteiger partial charge in [0.1, 0.15) is 17.2 Å². The maximum Gasteiger partial charge on any atom is 0.343 e. The zero-order chi connectivity index (χ0) is 27.3. The van der Waals surface area contributed by atoms with Gasteiger partial charge < -0.3 is 18.9 Å². The van der Waals surface area contributed by atoms with Gasteiger partial charge in [0.2, 0.25) is 0 Å². The Morgan fingerprint density at radius 3 is 2.00 bits per heavy atom. The number of hydrogen-bond acceptors (Lipinski definition) is 7. The SMILES string of the molecule is C=CC(=O)OCCCCOc1ccc(C(=O)Oc2ccc(C(=O)Oc3ccc(C#CC)cc3)cc2)cc1C. The lowest BCUT2D eigenvalue weighted by Crippen LogP contribution is -2.11. The fourth-order valence-electron chi connectivity index (χ4n) is 3.30. The topological polar surface area (TPSA) is 88.1 Å². The van der Waals surface area contributed by atoms with Gasteiger partial charge in [-0.25, -0.2) is 14.4 Å². The van der Waals surface area contributed by atoms with E-state index in [1.165, 1.54) is 24.3 Å². The van der Waals surface area contributed by atoms with Crippen molar-refractivity contribution in [1.82, 2.24) is 0 Å². The summed E-state index contributed by atoms with van der Waals surface area (Å²) < 4.78 is 21.5. The lowest BCUT2D eigenvalue weighted by molar-refractivity contribution is -0.137. The van der Waals surface area contributed by atoms with E-state index in [-0.39, 0.29) is 0 Å². The molecule has 0 bridgehead atoms. The van der Waals surface area contributed by atoms with Crippen LogP contribution in [0, 0.1) is 18.8 Å². The number of carbonyl (C=O) groups excluding carboxylic acids is 3. The van der Waals surface area contributed by atoms with Crippen LogP contribution in [0.3, 0.4) is 0 Å². The molecule has 0 N–H and O–H groups in total. The molecule has 3 rings (SSSR count). The Bertz CT molecular complexity index is 1340. The van der Waals surface area contributed by atoms with Crippen molar-refractivity contribution in [3.05, 3.63) is 102 Å². The molecule has 0 saturated heterocycles. The summed E-state index contributed by atoms with van der Waals surface area (Å²) in [5.74, 6) is 5.59. The second kappa shape index (κ2) is 14.0. The summed E-state index contributed by atoms with van der Waals surface area (Å²) in [6.45, 7) is 7.69. The molecule has 0 aliphatic heterocycles. The molecule has 7 nitrogen and oxygen atoms in total. The van der Waals surface area contributed by atoms with Crippen LogP contribution in [0.5, 0.6) is 17.2 Å². The lowest BCUT2D eigenvalue weighted by Gasteiger charge is -2.11. The van der Waals surface area contributed by atoms with Gasteiger partial charge in [-0.1, -0.05) is 12.5 Å². The molecule has 3 aromatic carbocycles. The average Bonchev–Trinajstić information content (AvgIpc) is 2.92. The average molecular weight is 513 g/mol. The Kier molecular flexibility index (Phi) is 10.3. The number of hydrogen-bond donors (Lipinski definition) is 0. The molecule has 7 heteroatoms. The first kappa shape index (κ1) is 27.8. The van der Waals surface area contributed by atoms with E-state index >= 15 is 0 Å². The van der Waals surface area contributed by atoms with E-state index in [4.69, 9.17) is 18.9 Å². The summed E-state index contributed by atoms with van der Waals surface area (Å²) in [5, 5.41) is 0. The van der Waals surface area contributed by atoms with Crippen molar-refractivity contribution in [3.63, 3.8) is 0 Å². The van der Waals surface area contributed by atoms with Gasteiger partial charge in [0.05, 0.1) is 24.3 Å². The molecule has 0 aliphatic carbocycles. The molecule has 0 unspecified atom stereocenters. The molecule has 38 heavy (non-hydrogen) atoms. The van der Waals surface area contributed by atoms with Crippen LogP contribution in [-0.2, 0) is 9.53 Å². The summed E-state index contributed by atoms with van der Waals surface area (Å²) in [5.41, 5.74) is 2.30. The van der Waals surface area contributed by atoms with E-state index in [1.54, 1.807) is 49.4 Å². The molecule has 0 spiro atoms. The smallest absolute Gasteiger partial charge is 0.343 e. The molecule has 0 radical (unpaired) electrons. The molecule has 0 aliphatic rings. The zero-order valence-electron chi connectivity index (χ0n) is 21.3. The monoisotopic (exact) mass is 512 g/mol. The van der Waals surface area contributed by atoms with Crippen LogP contribution >= 0.6 is 0 Å². The minimum absolute atomic E-state index is 0.296. The van der Waals surface area contributed by atoms with E-state index in [1.807, 2.05) is 6.92 Å². The Labute approximate surface area is 222 Å². The van der Waals surface area contributed by atoms with E-state index < -0.39 is 17.9 Å². The predicted octanol–water partition coefficient (Wildman–Crippen LogP) is 5.69. The van der Waals surface area contributed by atoms with Crippen LogP contribution in [0.1, 0.15) is 51.6 Å². The fourth-order valence-corrected chi connectivity index (χ4v) is 3.30. The normalized spacial score (nSPS) is 9.95. The van der Waals surface area contributed by atoms with Crippen LogP contribution in [-0.4, -0.2) is 31.1 Å². The number of aryl methyl sites for hydroxylation is 1. The van der Waals surface area contributed by atoms with E-state index in [0.717, 1.165) is 17.2 Å². The van der Waals surface area contributed by atoms with Gasteiger partial charge in [-0.05, 0) is 99.0 Å². The summed E-state index contributed by atoms with van der Waals surface area (Å²) in [6.07, 6.45) is 2.50. The third kappa shape index (κ3) is 8.38. The largest absolute Gasteiger partial charge is 0.493 e. The second-order valence-corrected chi connectivity index (χ2v) is 8.11. The summed E-state index contributed by atoms with van der Waals surface area (Å²) in [4.78, 5) is 36.0. The van der Waals surface area contributed by atoms with Crippen molar-refractivity contribution in [2.45, 2.75) is 26.7 Å². The van der Waals surface area contributed by atoms with Gasteiger partial charge in [0, 0.05) is 11.6 Å². The minimum Gasteiger partial charge on any atom is -0.493 e. The van der Waals surface area contributed by atoms with Crippen molar-refractivity contribution >= 4 is 17.9 Å². The highest BCUT2D eigenvalue weighted by Crippen LogP contribution is 2.22. The second-order valence-electron chi connectivity index (χ2n) is 8.11. The van der Waals surface area contributed by atoms with Crippen molar-refractivity contribution in [3.8, 4) is 29.1 Å². The third-order valence-corrected chi connectivity index (χ3v) is 5.25. The number of ether oxygens (including phenoxy) is 4.